The van der Waals surface area contributed by atoms with E-state index in [0.717, 1.165) is 29.7 Å². The topological polar surface area (TPSA) is 79.3 Å². The van der Waals surface area contributed by atoms with Gasteiger partial charge in [0.2, 0.25) is 0 Å². The lowest BCUT2D eigenvalue weighted by molar-refractivity contribution is -0.117. The van der Waals surface area contributed by atoms with Crippen molar-refractivity contribution in [3.63, 3.8) is 0 Å². The highest BCUT2D eigenvalue weighted by Crippen LogP contribution is 2.36. The number of amides is 1. The third kappa shape index (κ3) is 4.98. The Morgan fingerprint density at radius 3 is 2.56 bits per heavy atom. The Labute approximate surface area is 149 Å². The number of aryl methyl sites for hydroxylation is 1. The van der Waals surface area contributed by atoms with Crippen LogP contribution in [0.15, 0.2) is 39.8 Å². The summed E-state index contributed by atoms with van der Waals surface area (Å²) in [6.07, 6.45) is 3.89. The highest BCUT2D eigenvalue weighted by molar-refractivity contribution is 5.98. The Kier molecular flexibility index (Phi) is 5.72. The van der Waals surface area contributed by atoms with E-state index in [0.29, 0.717) is 17.2 Å². The van der Waals surface area contributed by atoms with Crippen molar-refractivity contribution in [2.45, 2.75) is 59.5 Å². The van der Waals surface area contributed by atoms with Crippen LogP contribution in [0.5, 0.6) is 0 Å². The van der Waals surface area contributed by atoms with Crippen LogP contribution >= 0.6 is 0 Å². The quantitative estimate of drug-likeness (QED) is 0.454. The van der Waals surface area contributed by atoms with E-state index in [1.807, 2.05) is 33.8 Å². The Bertz CT molecular complexity index is 740. The van der Waals surface area contributed by atoms with Gasteiger partial charge in [-0.15, -0.1) is 0 Å². The lowest BCUT2D eigenvalue weighted by Crippen LogP contribution is -2.30. The summed E-state index contributed by atoms with van der Waals surface area (Å²) in [6.45, 7) is 13.7. The first-order chi connectivity index (χ1) is 11.8. The number of nitrogens with one attached hydrogen (secondary N) is 2. The second-order valence-electron chi connectivity index (χ2n) is 6.99. The zero-order valence-electron chi connectivity index (χ0n) is 15.7. The van der Waals surface area contributed by atoms with Gasteiger partial charge in [-0.25, -0.2) is 15.0 Å². The molecule has 1 amide bonds. The SMILES string of the molecule is C=N/C(NC1(C)CC1)=C(\C)C(C(=O)NCc1nccc(C)n1)=C(C)C. The normalized spacial score (nSPS) is 15.7. The van der Waals surface area contributed by atoms with Crippen molar-refractivity contribution in [1.82, 2.24) is 20.6 Å². The number of aliphatic imine (C=N–C) groups is 1. The van der Waals surface area contributed by atoms with Crippen LogP contribution in [0.4, 0.5) is 0 Å². The Morgan fingerprint density at radius 1 is 1.36 bits per heavy atom. The molecule has 1 saturated carbocycles. The van der Waals surface area contributed by atoms with Crippen molar-refractivity contribution in [3.05, 3.63) is 46.3 Å². The van der Waals surface area contributed by atoms with Gasteiger partial charge in [-0.1, -0.05) is 5.57 Å². The van der Waals surface area contributed by atoms with E-state index >= 15 is 0 Å². The highest BCUT2D eigenvalue weighted by atomic mass is 16.1. The molecule has 2 rings (SSSR count). The van der Waals surface area contributed by atoms with Crippen LogP contribution in [0.1, 0.15) is 52.1 Å². The second-order valence-corrected chi connectivity index (χ2v) is 6.99. The first-order valence-electron chi connectivity index (χ1n) is 8.46. The average Bonchev–Trinajstić information content (AvgIpc) is 3.28. The van der Waals surface area contributed by atoms with E-state index in [9.17, 15) is 4.79 Å². The van der Waals surface area contributed by atoms with Crippen molar-refractivity contribution in [2.24, 2.45) is 4.99 Å². The van der Waals surface area contributed by atoms with Crippen LogP contribution in [0.3, 0.4) is 0 Å². The van der Waals surface area contributed by atoms with Crippen molar-refractivity contribution < 1.29 is 4.79 Å². The maximum atomic E-state index is 12.7. The van der Waals surface area contributed by atoms with Crippen molar-refractivity contribution in [1.29, 1.82) is 0 Å². The third-order valence-corrected chi connectivity index (χ3v) is 4.29. The molecule has 0 atom stereocenters. The molecule has 6 nitrogen and oxygen atoms in total. The summed E-state index contributed by atoms with van der Waals surface area (Å²) in [5.41, 5.74) is 3.27. The molecule has 0 aliphatic heterocycles. The second kappa shape index (κ2) is 7.59. The monoisotopic (exact) mass is 341 g/mol. The molecule has 0 spiro atoms. The van der Waals surface area contributed by atoms with Gasteiger partial charge in [0.1, 0.15) is 11.6 Å². The van der Waals surface area contributed by atoms with E-state index < -0.39 is 0 Å². The zero-order chi connectivity index (χ0) is 18.6. The van der Waals surface area contributed by atoms with Crippen molar-refractivity contribution >= 4 is 12.6 Å². The number of aromatic nitrogens is 2. The fraction of sp³-hybridized carbons (Fsp3) is 0.474. The molecule has 25 heavy (non-hydrogen) atoms. The van der Waals surface area contributed by atoms with Gasteiger partial charge >= 0.3 is 0 Å². The summed E-state index contributed by atoms with van der Waals surface area (Å²) in [6, 6.07) is 1.83. The maximum absolute atomic E-state index is 12.7. The molecule has 0 bridgehead atoms. The number of allylic oxidation sites excluding steroid dienone is 1. The van der Waals surface area contributed by atoms with E-state index in [4.69, 9.17) is 0 Å². The minimum Gasteiger partial charge on any atom is -0.365 e. The van der Waals surface area contributed by atoms with E-state index in [-0.39, 0.29) is 18.0 Å². The van der Waals surface area contributed by atoms with Gasteiger partial charge in [0.15, 0.2) is 0 Å². The molecule has 2 N–H and O–H groups in total. The van der Waals surface area contributed by atoms with Crippen LogP contribution in [-0.2, 0) is 11.3 Å². The van der Waals surface area contributed by atoms with Crippen LogP contribution in [0.2, 0.25) is 0 Å². The van der Waals surface area contributed by atoms with Crippen molar-refractivity contribution in [3.8, 4) is 0 Å². The predicted molar refractivity (Wildman–Crippen MR) is 100 cm³/mol. The van der Waals surface area contributed by atoms with Gasteiger partial charge in [0.25, 0.3) is 5.91 Å². The standard InChI is InChI=1S/C19H27N5O/c1-12(2)16(14(4)17(20-6)24-19(5)8-9-19)18(25)22-11-15-21-10-7-13(3)23-15/h7,10,24H,6,8-9,11H2,1-5H3,(H,22,25)/b17-14-. The van der Waals surface area contributed by atoms with Crippen LogP contribution in [-0.4, -0.2) is 28.1 Å². The zero-order valence-corrected chi connectivity index (χ0v) is 15.7. The lowest BCUT2D eigenvalue weighted by atomic mass is 10.0. The van der Waals surface area contributed by atoms with E-state index in [1.165, 1.54) is 0 Å². The number of carbonyl (C=O) groups excluding carboxylic acids is 1. The number of hydrogen-bond acceptors (Lipinski definition) is 5. The number of hydrogen-bond donors (Lipinski definition) is 2. The summed E-state index contributed by atoms with van der Waals surface area (Å²) in [4.78, 5) is 25.3. The molecular weight excluding hydrogens is 314 g/mol. The molecule has 0 aromatic carbocycles. The van der Waals surface area contributed by atoms with Gasteiger partial charge in [0, 0.05) is 28.6 Å². The molecule has 1 aromatic rings. The summed E-state index contributed by atoms with van der Waals surface area (Å²) in [7, 11) is 0. The maximum Gasteiger partial charge on any atom is 0.251 e. The third-order valence-electron chi connectivity index (χ3n) is 4.29. The van der Waals surface area contributed by atoms with Gasteiger partial charge < -0.3 is 10.6 Å². The number of nitrogens with zero attached hydrogens (tertiary/aromatic N) is 3. The summed E-state index contributed by atoms with van der Waals surface area (Å²) in [5, 5.41) is 6.30. The molecule has 134 valence electrons. The average molecular weight is 341 g/mol. The molecule has 0 unspecified atom stereocenters. The first-order valence-corrected chi connectivity index (χ1v) is 8.46. The molecular formula is C19H27N5O. The minimum absolute atomic E-state index is 0.0659. The first kappa shape index (κ1) is 18.8. The van der Waals surface area contributed by atoms with E-state index in [1.54, 1.807) is 6.20 Å². The van der Waals surface area contributed by atoms with Gasteiger partial charge in [0.05, 0.1) is 6.54 Å². The smallest absolute Gasteiger partial charge is 0.251 e. The Morgan fingerprint density at radius 2 is 2.04 bits per heavy atom. The van der Waals surface area contributed by atoms with Crippen LogP contribution in [0.25, 0.3) is 0 Å². The number of carbonyl (C=O) groups is 1. The molecule has 1 fully saturated rings. The molecule has 1 aliphatic rings. The summed E-state index contributed by atoms with van der Waals surface area (Å²) >= 11 is 0. The molecule has 0 saturated heterocycles. The predicted octanol–water partition coefficient (Wildman–Crippen LogP) is 2.81. The van der Waals surface area contributed by atoms with Gasteiger partial charge in [-0.3, -0.25) is 4.79 Å². The highest BCUT2D eigenvalue weighted by Gasteiger charge is 2.38. The van der Waals surface area contributed by atoms with E-state index in [2.05, 4.69) is 39.2 Å². The molecule has 0 radical (unpaired) electrons. The Balaban J connectivity index is 2.17. The van der Waals surface area contributed by atoms with Gasteiger partial charge in [-0.2, -0.15) is 0 Å². The fourth-order valence-electron chi connectivity index (χ4n) is 2.57. The van der Waals surface area contributed by atoms with Gasteiger partial charge in [-0.05, 0) is 60.2 Å². The minimum atomic E-state index is -0.161. The summed E-state index contributed by atoms with van der Waals surface area (Å²) < 4.78 is 0. The molecule has 6 heteroatoms. The molecule has 1 heterocycles. The molecule has 1 aromatic heterocycles. The van der Waals surface area contributed by atoms with Crippen molar-refractivity contribution in [2.75, 3.05) is 0 Å². The molecule has 1 aliphatic carbocycles. The van der Waals surface area contributed by atoms with Crippen LogP contribution in [0, 0.1) is 6.92 Å². The summed E-state index contributed by atoms with van der Waals surface area (Å²) in [5.74, 6) is 1.10. The Hall–Kier alpha value is -2.50. The van der Waals surface area contributed by atoms with Crippen LogP contribution < -0.4 is 10.6 Å². The fourth-order valence-corrected chi connectivity index (χ4v) is 2.57. The number of rotatable bonds is 7. The lowest BCUT2D eigenvalue weighted by Gasteiger charge is -2.18. The largest absolute Gasteiger partial charge is 0.365 e.